The molecule has 0 bridgehead atoms. The maximum absolute atomic E-state index is 13.3. The van der Waals surface area contributed by atoms with Crippen LogP contribution in [0.3, 0.4) is 0 Å². The molecule has 3 N–H and O–H groups in total. The van der Waals surface area contributed by atoms with Crippen molar-refractivity contribution in [3.05, 3.63) is 42.0 Å². The van der Waals surface area contributed by atoms with E-state index < -0.39 is 0 Å². The number of nitrogens with zero attached hydrogens (tertiary/aromatic N) is 5. The van der Waals surface area contributed by atoms with Crippen LogP contribution in [0.5, 0.6) is 5.75 Å². The number of amides is 1. The average molecular weight is 489 g/mol. The lowest BCUT2D eigenvalue weighted by Gasteiger charge is -2.30. The number of methoxy groups -OCH3 is 1. The van der Waals surface area contributed by atoms with Gasteiger partial charge < -0.3 is 34.5 Å². The van der Waals surface area contributed by atoms with Crippen molar-refractivity contribution in [1.29, 1.82) is 0 Å². The van der Waals surface area contributed by atoms with Crippen molar-refractivity contribution in [2.45, 2.75) is 25.4 Å². The third-order valence-corrected chi connectivity index (χ3v) is 7.58. The van der Waals surface area contributed by atoms with Gasteiger partial charge in [-0.3, -0.25) is 4.79 Å². The Bertz CT molecular complexity index is 1470. The van der Waals surface area contributed by atoms with Gasteiger partial charge in [-0.05, 0) is 37.1 Å². The number of carbonyl (C=O) groups excluding carboxylic acids is 1. The number of aryl methyl sites for hydroxylation is 1. The molecule has 2 aliphatic heterocycles. The van der Waals surface area contributed by atoms with Crippen LogP contribution < -0.4 is 15.4 Å². The van der Waals surface area contributed by atoms with Gasteiger partial charge in [-0.1, -0.05) is 12.1 Å². The minimum atomic E-state index is -0.0327. The molecule has 188 valence electrons. The third-order valence-electron chi connectivity index (χ3n) is 7.58. The van der Waals surface area contributed by atoms with Gasteiger partial charge in [-0.2, -0.15) is 0 Å². The number of ether oxygens (including phenoxy) is 1. The summed E-state index contributed by atoms with van der Waals surface area (Å²) in [6, 6.07) is 12.2. The average Bonchev–Trinajstić information content (AvgIpc) is 3.43. The molecule has 6 rings (SSSR count). The number of hydrogen-bond acceptors (Lipinski definition) is 6. The first-order chi connectivity index (χ1) is 17.5. The number of nitrogens with two attached hydrogens (primary N) is 1. The molecule has 1 fully saturated rings. The summed E-state index contributed by atoms with van der Waals surface area (Å²) < 4.78 is 10.1. The van der Waals surface area contributed by atoms with Gasteiger partial charge in [0.25, 0.3) is 5.91 Å². The van der Waals surface area contributed by atoms with Crippen LogP contribution in [0.15, 0.2) is 36.4 Å². The fourth-order valence-electron chi connectivity index (χ4n) is 5.87. The lowest BCUT2D eigenvalue weighted by Crippen LogP contribution is -2.45. The van der Waals surface area contributed by atoms with Crippen LogP contribution in [0.1, 0.15) is 23.2 Å². The predicted molar refractivity (Wildman–Crippen MR) is 141 cm³/mol. The fraction of sp³-hybridized carbons (Fsp3) is 0.407. The molecule has 0 radical (unpaired) electrons. The number of aromatic nitrogens is 3. The summed E-state index contributed by atoms with van der Waals surface area (Å²) >= 11 is 0. The number of rotatable bonds is 5. The zero-order chi connectivity index (χ0) is 25.0. The highest BCUT2D eigenvalue weighted by atomic mass is 16.5. The Morgan fingerprint density at radius 2 is 2.06 bits per heavy atom. The molecule has 0 aliphatic carbocycles. The highest BCUT2D eigenvalue weighted by molar-refractivity contribution is 6.01. The zero-order valence-corrected chi connectivity index (χ0v) is 20.8. The molecule has 2 aliphatic rings. The Morgan fingerprint density at radius 1 is 1.19 bits per heavy atom. The van der Waals surface area contributed by atoms with Crippen molar-refractivity contribution in [1.82, 2.24) is 19.0 Å². The van der Waals surface area contributed by atoms with Gasteiger partial charge in [0.05, 0.1) is 36.1 Å². The highest BCUT2D eigenvalue weighted by Crippen LogP contribution is 2.38. The number of aliphatic hydroxyl groups excluding tert-OH is 1. The van der Waals surface area contributed by atoms with Gasteiger partial charge in [0.1, 0.15) is 11.3 Å². The van der Waals surface area contributed by atoms with Crippen LogP contribution >= 0.6 is 0 Å². The van der Waals surface area contributed by atoms with E-state index in [4.69, 9.17) is 15.5 Å². The summed E-state index contributed by atoms with van der Waals surface area (Å²) in [7, 11) is 3.62. The number of para-hydroxylation sites is 1. The van der Waals surface area contributed by atoms with E-state index in [0.29, 0.717) is 24.4 Å². The summed E-state index contributed by atoms with van der Waals surface area (Å²) in [6.45, 7) is 3.65. The number of fused-ring (bicyclic) bond motifs is 1. The quantitative estimate of drug-likeness (QED) is 0.448. The molecule has 0 saturated carbocycles. The van der Waals surface area contributed by atoms with Gasteiger partial charge in [-0.15, -0.1) is 0 Å². The van der Waals surface area contributed by atoms with E-state index >= 15 is 0 Å². The first-order valence-electron chi connectivity index (χ1n) is 12.6. The molecule has 4 heterocycles. The molecule has 4 aromatic rings. The van der Waals surface area contributed by atoms with Crippen LogP contribution in [0, 0.1) is 0 Å². The lowest BCUT2D eigenvalue weighted by atomic mass is 10.0. The molecule has 0 spiro atoms. The van der Waals surface area contributed by atoms with Crippen LogP contribution in [-0.4, -0.2) is 76.0 Å². The SMILES string of the molecule is COc1cc(C(=O)N2CCC[C@@H](N)C2)cc2nc(-c3cc4cccc5c4n3CCN5CCO)n(C)c12. The van der Waals surface area contributed by atoms with Crippen LogP contribution in [0.4, 0.5) is 5.69 Å². The molecule has 1 amide bonds. The van der Waals surface area contributed by atoms with Gasteiger partial charge in [-0.25, -0.2) is 4.98 Å². The number of hydrogen-bond donors (Lipinski definition) is 2. The molecule has 2 aromatic carbocycles. The van der Waals surface area contributed by atoms with E-state index in [1.807, 2.05) is 24.1 Å². The normalized spacial score (nSPS) is 17.8. The summed E-state index contributed by atoms with van der Waals surface area (Å²) in [5.74, 6) is 1.42. The van der Waals surface area contributed by atoms with Crippen molar-refractivity contribution in [2.75, 3.05) is 44.8 Å². The van der Waals surface area contributed by atoms with Crippen LogP contribution in [-0.2, 0) is 13.6 Å². The highest BCUT2D eigenvalue weighted by Gasteiger charge is 2.27. The van der Waals surface area contributed by atoms with Crippen molar-refractivity contribution >= 4 is 33.5 Å². The molecular formula is C27H32N6O3. The van der Waals surface area contributed by atoms with Crippen molar-refractivity contribution in [3.8, 4) is 17.3 Å². The first-order valence-corrected chi connectivity index (χ1v) is 12.6. The topological polar surface area (TPSA) is 102 Å². The number of β-amino-alcohol motifs (C(OH)–C–C–N with tert-alkyl or cyclic N) is 1. The van der Waals surface area contributed by atoms with E-state index in [2.05, 4.69) is 38.3 Å². The van der Waals surface area contributed by atoms with E-state index in [9.17, 15) is 9.90 Å². The Hall–Kier alpha value is -3.56. The molecule has 2 aromatic heterocycles. The maximum Gasteiger partial charge on any atom is 0.254 e. The predicted octanol–water partition coefficient (Wildman–Crippen LogP) is 2.58. The summed E-state index contributed by atoms with van der Waals surface area (Å²) in [5, 5.41) is 10.7. The standard InChI is InChI=1S/C27H32N6O3/c1-30-25-20(13-18(15-23(25)36-2)27(35)32-8-4-6-19(28)16-32)29-26(30)22-14-17-5-3-7-21-24(17)33(22)10-9-31(21)11-12-34/h3,5,7,13-15,19,34H,4,6,8-12,16,28H2,1-2H3/t19-/m1/s1. The van der Waals surface area contributed by atoms with Crippen molar-refractivity contribution < 1.29 is 14.6 Å². The molecule has 0 unspecified atom stereocenters. The Balaban J connectivity index is 1.47. The fourth-order valence-corrected chi connectivity index (χ4v) is 5.87. The van der Waals surface area contributed by atoms with Gasteiger partial charge in [0.15, 0.2) is 5.82 Å². The number of carbonyl (C=O) groups is 1. The molecule has 1 saturated heterocycles. The molecule has 9 nitrogen and oxygen atoms in total. The second-order valence-corrected chi connectivity index (χ2v) is 9.80. The molecule has 1 atom stereocenters. The number of anilines is 1. The monoisotopic (exact) mass is 488 g/mol. The number of likely N-dealkylation sites (tertiary alicyclic amines) is 1. The van der Waals surface area contributed by atoms with Crippen molar-refractivity contribution in [3.63, 3.8) is 0 Å². The second kappa shape index (κ2) is 8.83. The Kier molecular flexibility index (Phi) is 5.61. The number of piperidine rings is 1. The van der Waals surface area contributed by atoms with Gasteiger partial charge in [0, 0.05) is 56.8 Å². The Labute approximate surface area is 209 Å². The van der Waals surface area contributed by atoms with E-state index in [-0.39, 0.29) is 18.6 Å². The van der Waals surface area contributed by atoms with E-state index in [0.717, 1.165) is 71.6 Å². The smallest absolute Gasteiger partial charge is 0.254 e. The van der Waals surface area contributed by atoms with E-state index in [1.54, 1.807) is 7.11 Å². The first kappa shape index (κ1) is 22.9. The maximum atomic E-state index is 13.3. The van der Waals surface area contributed by atoms with Crippen molar-refractivity contribution in [2.24, 2.45) is 12.8 Å². The minimum absolute atomic E-state index is 0.0217. The summed E-state index contributed by atoms with van der Waals surface area (Å²) in [6.07, 6.45) is 1.87. The Morgan fingerprint density at radius 3 is 2.83 bits per heavy atom. The largest absolute Gasteiger partial charge is 0.494 e. The minimum Gasteiger partial charge on any atom is -0.494 e. The number of benzene rings is 2. The summed E-state index contributed by atoms with van der Waals surface area (Å²) in [4.78, 5) is 22.4. The zero-order valence-electron chi connectivity index (χ0n) is 20.8. The summed E-state index contributed by atoms with van der Waals surface area (Å²) in [5.41, 5.74) is 11.6. The van der Waals surface area contributed by atoms with E-state index in [1.165, 1.54) is 0 Å². The third kappa shape index (κ3) is 3.53. The van der Waals surface area contributed by atoms with Crippen LogP contribution in [0.25, 0.3) is 33.5 Å². The van der Waals surface area contributed by atoms with Gasteiger partial charge >= 0.3 is 0 Å². The molecule has 36 heavy (non-hydrogen) atoms. The van der Waals surface area contributed by atoms with Crippen LogP contribution in [0.2, 0.25) is 0 Å². The number of aliphatic hydroxyl groups is 1. The van der Waals surface area contributed by atoms with Gasteiger partial charge in [0.2, 0.25) is 0 Å². The molecular weight excluding hydrogens is 456 g/mol. The molecule has 9 heteroatoms. The number of imidazole rings is 1. The lowest BCUT2D eigenvalue weighted by molar-refractivity contribution is 0.0708. The second-order valence-electron chi connectivity index (χ2n) is 9.80.